The van der Waals surface area contributed by atoms with Crippen LogP contribution in [0.3, 0.4) is 0 Å². The largest absolute Gasteiger partial charge is 0.340 e. The van der Waals surface area contributed by atoms with Gasteiger partial charge in [-0.2, -0.15) is 5.10 Å². The van der Waals surface area contributed by atoms with Gasteiger partial charge in [-0.3, -0.25) is 5.43 Å². The lowest BCUT2D eigenvalue weighted by Gasteiger charge is -2.15. The van der Waals surface area contributed by atoms with Gasteiger partial charge in [0.2, 0.25) is 0 Å². The summed E-state index contributed by atoms with van der Waals surface area (Å²) in [5.41, 5.74) is 2.97. The van der Waals surface area contributed by atoms with Crippen molar-refractivity contribution in [2.45, 2.75) is 19.8 Å². The molecule has 0 aromatic heterocycles. The molecule has 10 heavy (non-hydrogen) atoms. The summed E-state index contributed by atoms with van der Waals surface area (Å²) in [4.78, 5) is 2.30. The molecule has 1 fully saturated rings. The first kappa shape index (κ1) is 6.01. The average molecular weight is 139 g/mol. The summed E-state index contributed by atoms with van der Waals surface area (Å²) in [6.07, 6.45) is 2.84. The molecular weight excluding hydrogens is 126 g/mol. The van der Waals surface area contributed by atoms with E-state index in [4.69, 9.17) is 0 Å². The molecule has 0 aromatic carbocycles. The molecule has 3 nitrogen and oxygen atoms in total. The van der Waals surface area contributed by atoms with Crippen molar-refractivity contribution >= 4 is 5.84 Å². The van der Waals surface area contributed by atoms with Crippen LogP contribution < -0.4 is 5.43 Å². The Balaban J connectivity index is 1.86. The van der Waals surface area contributed by atoms with Gasteiger partial charge in [-0.1, -0.05) is 0 Å². The average Bonchev–Trinajstić information content (AvgIpc) is 2.62. The van der Waals surface area contributed by atoms with Crippen LogP contribution in [0.15, 0.2) is 5.10 Å². The number of rotatable bonds is 2. The first-order chi connectivity index (χ1) is 4.86. The second-order valence-electron chi connectivity index (χ2n) is 3.14. The molecule has 0 amide bonds. The van der Waals surface area contributed by atoms with Gasteiger partial charge < -0.3 is 4.90 Å². The van der Waals surface area contributed by atoms with E-state index in [0.717, 1.165) is 18.4 Å². The fraction of sp³-hybridized carbons (Fsp3) is 0.857. The fourth-order valence-electron chi connectivity index (χ4n) is 1.23. The van der Waals surface area contributed by atoms with Crippen LogP contribution in [0.1, 0.15) is 19.8 Å². The van der Waals surface area contributed by atoms with E-state index >= 15 is 0 Å². The van der Waals surface area contributed by atoms with Gasteiger partial charge in [-0.15, -0.1) is 0 Å². The van der Waals surface area contributed by atoms with E-state index in [-0.39, 0.29) is 0 Å². The van der Waals surface area contributed by atoms with E-state index in [1.54, 1.807) is 0 Å². The zero-order valence-corrected chi connectivity index (χ0v) is 6.30. The monoisotopic (exact) mass is 139 g/mol. The summed E-state index contributed by atoms with van der Waals surface area (Å²) in [6.45, 7) is 4.19. The van der Waals surface area contributed by atoms with Crippen LogP contribution in [-0.4, -0.2) is 23.9 Å². The second kappa shape index (κ2) is 2.15. The van der Waals surface area contributed by atoms with Crippen molar-refractivity contribution in [1.82, 2.24) is 10.3 Å². The molecule has 3 heteroatoms. The molecular formula is C7H13N3. The van der Waals surface area contributed by atoms with Crippen molar-refractivity contribution in [3.8, 4) is 0 Å². The molecule has 0 saturated heterocycles. The zero-order valence-electron chi connectivity index (χ0n) is 6.30. The first-order valence-electron chi connectivity index (χ1n) is 3.88. The highest BCUT2D eigenvalue weighted by Crippen LogP contribution is 2.29. The van der Waals surface area contributed by atoms with Crippen molar-refractivity contribution < 1.29 is 0 Å². The van der Waals surface area contributed by atoms with E-state index < -0.39 is 0 Å². The molecule has 2 rings (SSSR count). The minimum Gasteiger partial charge on any atom is -0.340 e. The molecule has 0 atom stereocenters. The summed E-state index contributed by atoms with van der Waals surface area (Å²) in [7, 11) is 0. The second-order valence-corrected chi connectivity index (χ2v) is 3.14. The minimum absolute atomic E-state index is 0.919. The van der Waals surface area contributed by atoms with Crippen molar-refractivity contribution in [3.05, 3.63) is 0 Å². The molecule has 0 bridgehead atoms. The Morgan fingerprint density at radius 2 is 2.50 bits per heavy atom. The molecule has 2 aliphatic rings. The number of nitrogens with one attached hydrogen (secondary N) is 1. The Morgan fingerprint density at radius 1 is 1.70 bits per heavy atom. The van der Waals surface area contributed by atoms with Gasteiger partial charge in [-0.05, 0) is 25.7 Å². The Labute approximate surface area is 61.1 Å². The fourth-order valence-corrected chi connectivity index (χ4v) is 1.23. The third kappa shape index (κ3) is 1.08. The van der Waals surface area contributed by atoms with Crippen LogP contribution >= 0.6 is 0 Å². The van der Waals surface area contributed by atoms with Gasteiger partial charge >= 0.3 is 0 Å². The summed E-state index contributed by atoms with van der Waals surface area (Å²) >= 11 is 0. The number of amidine groups is 1. The van der Waals surface area contributed by atoms with E-state index in [1.807, 2.05) is 0 Å². The molecule has 1 aliphatic heterocycles. The van der Waals surface area contributed by atoms with Gasteiger partial charge in [0.25, 0.3) is 0 Å². The minimum atomic E-state index is 0.919. The Hall–Kier alpha value is -0.730. The van der Waals surface area contributed by atoms with E-state index in [2.05, 4.69) is 22.4 Å². The highest BCUT2D eigenvalue weighted by molar-refractivity contribution is 5.80. The molecule has 1 aliphatic carbocycles. The summed E-state index contributed by atoms with van der Waals surface area (Å²) in [6, 6.07) is 0. The van der Waals surface area contributed by atoms with Crippen LogP contribution in [0.4, 0.5) is 0 Å². The summed E-state index contributed by atoms with van der Waals surface area (Å²) in [5.74, 6) is 2.11. The smallest absolute Gasteiger partial charge is 0.123 e. The third-order valence-electron chi connectivity index (χ3n) is 2.14. The number of hydrazone groups is 1. The predicted molar refractivity (Wildman–Crippen MR) is 40.5 cm³/mol. The molecule has 0 spiro atoms. The maximum absolute atomic E-state index is 4.09. The number of hydrogen-bond donors (Lipinski definition) is 1. The number of nitrogens with zero attached hydrogens (tertiary/aromatic N) is 2. The standard InChI is InChI=1S/C7H13N3/c1-6-9-8-5-10(6)4-7-2-3-7/h7-8H,2-5H2,1H3. The highest BCUT2D eigenvalue weighted by atomic mass is 15.5. The van der Waals surface area contributed by atoms with Crippen molar-refractivity contribution in [1.29, 1.82) is 0 Å². The van der Waals surface area contributed by atoms with E-state index in [9.17, 15) is 0 Å². The molecule has 1 saturated carbocycles. The van der Waals surface area contributed by atoms with Gasteiger partial charge in [0.1, 0.15) is 12.5 Å². The first-order valence-corrected chi connectivity index (χ1v) is 3.88. The Bertz CT molecular complexity index is 160. The predicted octanol–water partition coefficient (Wildman–Crippen LogP) is 0.592. The SMILES string of the molecule is CC1=NNCN1CC1CC1. The zero-order chi connectivity index (χ0) is 6.97. The van der Waals surface area contributed by atoms with Gasteiger partial charge in [0.15, 0.2) is 0 Å². The lowest BCUT2D eigenvalue weighted by molar-refractivity contribution is 0.404. The van der Waals surface area contributed by atoms with Gasteiger partial charge in [0, 0.05) is 6.54 Å². The van der Waals surface area contributed by atoms with Crippen molar-refractivity contribution in [3.63, 3.8) is 0 Å². The maximum atomic E-state index is 4.09. The normalized spacial score (nSPS) is 24.5. The lowest BCUT2D eigenvalue weighted by atomic mass is 10.4. The number of hydrogen-bond acceptors (Lipinski definition) is 3. The Morgan fingerprint density at radius 3 is 3.00 bits per heavy atom. The van der Waals surface area contributed by atoms with Crippen molar-refractivity contribution in [2.24, 2.45) is 11.0 Å². The third-order valence-corrected chi connectivity index (χ3v) is 2.14. The quantitative estimate of drug-likeness (QED) is 0.606. The molecule has 0 unspecified atom stereocenters. The summed E-state index contributed by atoms with van der Waals surface area (Å²) < 4.78 is 0. The molecule has 0 aromatic rings. The highest BCUT2D eigenvalue weighted by Gasteiger charge is 2.25. The van der Waals surface area contributed by atoms with E-state index in [1.165, 1.54) is 19.4 Å². The molecule has 56 valence electrons. The van der Waals surface area contributed by atoms with Crippen LogP contribution in [-0.2, 0) is 0 Å². The molecule has 1 heterocycles. The lowest BCUT2D eigenvalue weighted by Crippen LogP contribution is -2.29. The van der Waals surface area contributed by atoms with Crippen LogP contribution in [0, 0.1) is 5.92 Å². The van der Waals surface area contributed by atoms with Crippen LogP contribution in [0.5, 0.6) is 0 Å². The topological polar surface area (TPSA) is 27.6 Å². The van der Waals surface area contributed by atoms with Crippen LogP contribution in [0.2, 0.25) is 0 Å². The Kier molecular flexibility index (Phi) is 1.29. The van der Waals surface area contributed by atoms with Crippen molar-refractivity contribution in [2.75, 3.05) is 13.2 Å². The molecule has 1 N–H and O–H groups in total. The van der Waals surface area contributed by atoms with Gasteiger partial charge in [-0.25, -0.2) is 0 Å². The van der Waals surface area contributed by atoms with Gasteiger partial charge in [0.05, 0.1) is 0 Å². The maximum Gasteiger partial charge on any atom is 0.123 e. The molecule has 0 radical (unpaired) electrons. The summed E-state index contributed by atoms with van der Waals surface area (Å²) in [5, 5.41) is 4.09. The van der Waals surface area contributed by atoms with E-state index in [0.29, 0.717) is 0 Å². The van der Waals surface area contributed by atoms with Crippen LogP contribution in [0.25, 0.3) is 0 Å².